The van der Waals surface area contributed by atoms with Crippen molar-refractivity contribution in [1.82, 2.24) is 10.2 Å². The van der Waals surface area contributed by atoms with Gasteiger partial charge in [-0.05, 0) is 31.7 Å². The van der Waals surface area contributed by atoms with Crippen LogP contribution in [0, 0.1) is 12.8 Å². The molecule has 0 aromatic heterocycles. The highest BCUT2D eigenvalue weighted by Crippen LogP contribution is 2.39. The molecule has 1 N–H and O–H groups in total. The number of likely N-dealkylation sites (tertiary alicyclic amines) is 1. The standard InChI is InChI=1S/C22H35N3O.HI/c1-18-8-7-9-20(14-18)22(11-5-4-6-12-22)17-24-21(23-2)25-13-10-19(15-25)16-26-3;/h7-9,14,19H,4-6,10-13,15-17H2,1-3H3,(H,23,24);1H. The van der Waals surface area contributed by atoms with Crippen LogP contribution in [-0.4, -0.2) is 51.3 Å². The number of guanidine groups is 1. The van der Waals surface area contributed by atoms with Gasteiger partial charge >= 0.3 is 0 Å². The van der Waals surface area contributed by atoms with Gasteiger partial charge in [-0.15, -0.1) is 24.0 Å². The number of rotatable bonds is 5. The molecule has 27 heavy (non-hydrogen) atoms. The smallest absolute Gasteiger partial charge is 0.193 e. The maximum Gasteiger partial charge on any atom is 0.193 e. The number of hydrogen-bond acceptors (Lipinski definition) is 2. The average Bonchev–Trinajstić information content (AvgIpc) is 3.12. The fourth-order valence-corrected chi connectivity index (χ4v) is 4.75. The molecular formula is C22H36IN3O. The number of aliphatic imine (C=N–C) groups is 1. The molecule has 1 aromatic carbocycles. The van der Waals surface area contributed by atoms with Crippen LogP contribution in [0.5, 0.6) is 0 Å². The lowest BCUT2D eigenvalue weighted by atomic mass is 9.69. The third-order valence-electron chi connectivity index (χ3n) is 6.23. The summed E-state index contributed by atoms with van der Waals surface area (Å²) in [6, 6.07) is 9.13. The number of nitrogens with one attached hydrogen (secondary N) is 1. The molecule has 0 bridgehead atoms. The number of ether oxygens (including phenoxy) is 1. The van der Waals surface area contributed by atoms with E-state index in [4.69, 9.17) is 4.74 Å². The van der Waals surface area contributed by atoms with Gasteiger partial charge in [0.1, 0.15) is 0 Å². The number of halogens is 1. The van der Waals surface area contributed by atoms with Crippen LogP contribution in [0.1, 0.15) is 49.7 Å². The van der Waals surface area contributed by atoms with Crippen LogP contribution < -0.4 is 5.32 Å². The van der Waals surface area contributed by atoms with Gasteiger partial charge in [-0.3, -0.25) is 4.99 Å². The number of benzene rings is 1. The Morgan fingerprint density at radius 2 is 2.07 bits per heavy atom. The van der Waals surface area contributed by atoms with Crippen molar-refractivity contribution in [3.63, 3.8) is 0 Å². The van der Waals surface area contributed by atoms with E-state index < -0.39 is 0 Å². The third-order valence-corrected chi connectivity index (χ3v) is 6.23. The normalized spacial score (nSPS) is 22.4. The maximum absolute atomic E-state index is 5.34. The van der Waals surface area contributed by atoms with E-state index in [9.17, 15) is 0 Å². The van der Waals surface area contributed by atoms with Crippen LogP contribution >= 0.6 is 24.0 Å². The molecule has 2 fully saturated rings. The summed E-state index contributed by atoms with van der Waals surface area (Å²) in [6.07, 6.45) is 7.76. The van der Waals surface area contributed by atoms with Crippen molar-refractivity contribution in [3.05, 3.63) is 35.4 Å². The Labute approximate surface area is 182 Å². The van der Waals surface area contributed by atoms with Gasteiger partial charge in [0.2, 0.25) is 0 Å². The first-order valence-corrected chi connectivity index (χ1v) is 10.2. The molecule has 1 aromatic rings. The summed E-state index contributed by atoms with van der Waals surface area (Å²) < 4.78 is 5.34. The van der Waals surface area contributed by atoms with E-state index in [1.54, 1.807) is 7.11 Å². The van der Waals surface area contributed by atoms with Gasteiger partial charge in [0, 0.05) is 45.1 Å². The molecule has 1 heterocycles. The summed E-state index contributed by atoms with van der Waals surface area (Å²) >= 11 is 0. The van der Waals surface area contributed by atoms with E-state index in [1.165, 1.54) is 49.7 Å². The van der Waals surface area contributed by atoms with E-state index in [1.807, 2.05) is 7.05 Å². The molecule has 1 saturated carbocycles. The van der Waals surface area contributed by atoms with Crippen LogP contribution in [0.3, 0.4) is 0 Å². The molecule has 4 nitrogen and oxygen atoms in total. The van der Waals surface area contributed by atoms with Crippen LogP contribution in [0.15, 0.2) is 29.3 Å². The molecule has 3 rings (SSSR count). The van der Waals surface area contributed by atoms with Gasteiger partial charge in [0.05, 0.1) is 6.61 Å². The van der Waals surface area contributed by atoms with Crippen LogP contribution in [0.4, 0.5) is 0 Å². The molecule has 1 atom stereocenters. The first kappa shape index (κ1) is 22.5. The third kappa shape index (κ3) is 5.59. The zero-order valence-electron chi connectivity index (χ0n) is 17.2. The van der Waals surface area contributed by atoms with Crippen molar-refractivity contribution < 1.29 is 4.74 Å². The summed E-state index contributed by atoms with van der Waals surface area (Å²) in [5.41, 5.74) is 3.10. The van der Waals surface area contributed by atoms with Gasteiger partial charge < -0.3 is 15.0 Å². The SMILES string of the molecule is CN=C(NCC1(c2cccc(C)c2)CCCCC1)N1CCC(COC)C1.I. The van der Waals surface area contributed by atoms with E-state index in [0.29, 0.717) is 5.92 Å². The quantitative estimate of drug-likeness (QED) is 0.383. The minimum atomic E-state index is 0. The fraction of sp³-hybridized carbons (Fsp3) is 0.682. The Morgan fingerprint density at radius 3 is 2.74 bits per heavy atom. The highest BCUT2D eigenvalue weighted by molar-refractivity contribution is 14.0. The maximum atomic E-state index is 5.34. The Morgan fingerprint density at radius 1 is 1.30 bits per heavy atom. The highest BCUT2D eigenvalue weighted by Gasteiger charge is 2.35. The summed E-state index contributed by atoms with van der Waals surface area (Å²) in [7, 11) is 3.70. The molecule has 152 valence electrons. The second-order valence-electron chi connectivity index (χ2n) is 8.17. The monoisotopic (exact) mass is 485 g/mol. The lowest BCUT2D eigenvalue weighted by Gasteiger charge is -2.39. The second-order valence-corrected chi connectivity index (χ2v) is 8.17. The number of hydrogen-bond donors (Lipinski definition) is 1. The molecular weight excluding hydrogens is 449 g/mol. The first-order chi connectivity index (χ1) is 12.7. The van der Waals surface area contributed by atoms with Gasteiger partial charge in [0.25, 0.3) is 0 Å². The number of nitrogens with zero attached hydrogens (tertiary/aromatic N) is 2. The zero-order chi connectivity index (χ0) is 18.4. The molecule has 2 aliphatic rings. The predicted molar refractivity (Wildman–Crippen MR) is 124 cm³/mol. The summed E-state index contributed by atoms with van der Waals surface area (Å²) in [5, 5.41) is 3.74. The molecule has 1 unspecified atom stereocenters. The van der Waals surface area contributed by atoms with Crippen molar-refractivity contribution in [2.24, 2.45) is 10.9 Å². The summed E-state index contributed by atoms with van der Waals surface area (Å²) in [4.78, 5) is 6.98. The van der Waals surface area contributed by atoms with Crippen molar-refractivity contribution in [3.8, 4) is 0 Å². The minimum absolute atomic E-state index is 0. The zero-order valence-corrected chi connectivity index (χ0v) is 19.5. The fourth-order valence-electron chi connectivity index (χ4n) is 4.75. The molecule has 1 aliphatic heterocycles. The predicted octanol–water partition coefficient (Wildman–Crippen LogP) is 4.36. The summed E-state index contributed by atoms with van der Waals surface area (Å²) in [5.74, 6) is 1.68. The Kier molecular flexibility index (Phi) is 8.86. The van der Waals surface area contributed by atoms with Gasteiger partial charge in [-0.1, -0.05) is 49.1 Å². The van der Waals surface area contributed by atoms with Crippen molar-refractivity contribution in [2.75, 3.05) is 40.4 Å². The number of aryl methyl sites for hydroxylation is 1. The summed E-state index contributed by atoms with van der Waals surface area (Å²) in [6.45, 7) is 6.15. The van der Waals surface area contributed by atoms with Crippen molar-refractivity contribution in [2.45, 2.75) is 50.9 Å². The van der Waals surface area contributed by atoms with Crippen LogP contribution in [-0.2, 0) is 10.2 Å². The molecule has 0 radical (unpaired) electrons. The van der Waals surface area contributed by atoms with E-state index in [-0.39, 0.29) is 29.4 Å². The molecule has 0 spiro atoms. The Hall–Kier alpha value is -0.820. The van der Waals surface area contributed by atoms with Crippen LogP contribution in [0.2, 0.25) is 0 Å². The minimum Gasteiger partial charge on any atom is -0.384 e. The van der Waals surface area contributed by atoms with E-state index in [0.717, 1.165) is 32.2 Å². The average molecular weight is 485 g/mol. The molecule has 1 aliphatic carbocycles. The largest absolute Gasteiger partial charge is 0.384 e. The number of methoxy groups -OCH3 is 1. The van der Waals surface area contributed by atoms with E-state index >= 15 is 0 Å². The topological polar surface area (TPSA) is 36.9 Å². The lowest BCUT2D eigenvalue weighted by Crippen LogP contribution is -2.47. The van der Waals surface area contributed by atoms with Crippen molar-refractivity contribution >= 4 is 29.9 Å². The highest BCUT2D eigenvalue weighted by atomic mass is 127. The molecule has 5 heteroatoms. The Bertz CT molecular complexity index is 613. The lowest BCUT2D eigenvalue weighted by molar-refractivity contribution is 0.157. The Balaban J connectivity index is 0.00000261. The first-order valence-electron chi connectivity index (χ1n) is 10.2. The van der Waals surface area contributed by atoms with Crippen LogP contribution in [0.25, 0.3) is 0 Å². The van der Waals surface area contributed by atoms with Gasteiger partial charge in [-0.2, -0.15) is 0 Å². The van der Waals surface area contributed by atoms with Gasteiger partial charge in [0.15, 0.2) is 5.96 Å². The molecule has 1 saturated heterocycles. The van der Waals surface area contributed by atoms with Gasteiger partial charge in [-0.25, -0.2) is 0 Å². The van der Waals surface area contributed by atoms with E-state index in [2.05, 4.69) is 46.4 Å². The molecule has 0 amide bonds. The second kappa shape index (κ2) is 10.6. The van der Waals surface area contributed by atoms with Crippen molar-refractivity contribution in [1.29, 1.82) is 0 Å².